The average Bonchev–Trinajstić information content (AvgIpc) is 3.33. The molecule has 4 rings (SSSR count). The lowest BCUT2D eigenvalue weighted by Crippen LogP contribution is -2.42. The molecule has 4 atom stereocenters. The molecule has 0 spiro atoms. The highest BCUT2D eigenvalue weighted by molar-refractivity contribution is 7.17. The van der Waals surface area contributed by atoms with E-state index in [2.05, 4.69) is 5.32 Å². The fraction of sp³-hybridized carbons (Fsp3) is 0.550. The predicted molar refractivity (Wildman–Crippen MR) is 98.3 cm³/mol. The van der Waals surface area contributed by atoms with E-state index in [-0.39, 0.29) is 24.3 Å². The number of amides is 1. The summed E-state index contributed by atoms with van der Waals surface area (Å²) in [4.78, 5) is 38.2. The highest BCUT2D eigenvalue weighted by Crippen LogP contribution is 2.48. The molecule has 3 aliphatic rings. The van der Waals surface area contributed by atoms with Crippen LogP contribution in [-0.2, 0) is 27.2 Å². The van der Waals surface area contributed by atoms with Crippen LogP contribution in [0, 0.1) is 23.7 Å². The topological polar surface area (TPSA) is 95.5 Å². The van der Waals surface area contributed by atoms with Crippen molar-refractivity contribution in [2.45, 2.75) is 39.0 Å². The van der Waals surface area contributed by atoms with Crippen LogP contribution in [0.5, 0.6) is 0 Å². The Kier molecular flexibility index (Phi) is 4.80. The average molecular weight is 388 g/mol. The number of thiophene rings is 1. The fourth-order valence-corrected chi connectivity index (χ4v) is 6.05. The Balaban J connectivity index is 1.63. The van der Waals surface area contributed by atoms with E-state index in [1.54, 1.807) is 6.92 Å². The van der Waals surface area contributed by atoms with Crippen molar-refractivity contribution in [2.24, 2.45) is 23.7 Å². The lowest BCUT2D eigenvalue weighted by atomic mass is 9.82. The van der Waals surface area contributed by atoms with Crippen LogP contribution in [-0.4, -0.2) is 24.5 Å². The van der Waals surface area contributed by atoms with Gasteiger partial charge in [0.1, 0.15) is 5.00 Å². The van der Waals surface area contributed by atoms with Crippen LogP contribution in [0.1, 0.15) is 47.0 Å². The van der Waals surface area contributed by atoms with Gasteiger partial charge in [-0.05, 0) is 56.4 Å². The van der Waals surface area contributed by atoms with E-state index < -0.39 is 23.8 Å². The molecule has 0 radical (unpaired) electrons. The number of carbonyl (C=O) groups is 3. The normalized spacial score (nSPS) is 28.0. The smallest absolute Gasteiger partial charge is 0.341 e. The molecule has 0 aromatic carbocycles. The zero-order chi connectivity index (χ0) is 19.1. The number of carboxylic acids is 1. The zero-order valence-corrected chi connectivity index (χ0v) is 16.0. The summed E-state index contributed by atoms with van der Waals surface area (Å²) in [5.41, 5.74) is 1.43. The molecule has 2 bridgehead atoms. The fourth-order valence-electron chi connectivity index (χ4n) is 4.77. The van der Waals surface area contributed by atoms with Gasteiger partial charge in [-0.25, -0.2) is 4.79 Å². The second-order valence-corrected chi connectivity index (χ2v) is 8.55. The van der Waals surface area contributed by atoms with Crippen LogP contribution in [0.25, 0.3) is 0 Å². The van der Waals surface area contributed by atoms with E-state index in [0.29, 0.717) is 17.0 Å². The number of esters is 1. The maximum atomic E-state index is 13.0. The van der Waals surface area contributed by atoms with Crippen LogP contribution in [0.2, 0.25) is 0 Å². The predicted octanol–water partition coefficient (Wildman–Crippen LogP) is 1.93. The van der Waals surface area contributed by atoms with Crippen molar-refractivity contribution in [1.82, 2.24) is 0 Å². The Labute approximate surface area is 161 Å². The molecule has 27 heavy (non-hydrogen) atoms. The zero-order valence-electron chi connectivity index (χ0n) is 15.2. The Morgan fingerprint density at radius 2 is 1.89 bits per heavy atom. The maximum Gasteiger partial charge on any atom is 0.341 e. The van der Waals surface area contributed by atoms with Gasteiger partial charge in [0.05, 0.1) is 18.1 Å². The number of allylic oxidation sites excluding steroid dienone is 2. The number of ether oxygens (including phenoxy) is 1. The molecular weight excluding hydrogens is 366 g/mol. The third kappa shape index (κ3) is 3.08. The minimum atomic E-state index is -1.18. The first-order valence-corrected chi connectivity index (χ1v) is 10.3. The number of carboxylic acid groups (broad SMARTS) is 1. The van der Waals surface area contributed by atoms with Crippen molar-refractivity contribution >= 4 is 34.2 Å². The molecule has 3 aliphatic carbocycles. The van der Waals surface area contributed by atoms with Gasteiger partial charge in [0.15, 0.2) is 0 Å². The summed E-state index contributed by atoms with van der Waals surface area (Å²) in [6.07, 6.45) is 8.24. The second kappa shape index (κ2) is 7.11. The van der Waals surface area contributed by atoms with Crippen molar-refractivity contribution < 1.29 is 24.2 Å². The SMILES string of the molecule is CCOC(=O)c1c(NC(=O)[C@H]2[C@@H](C(=O)[O-])[C@H]3C=C[C@@H]2C3)sc2c1CCCC2. The van der Waals surface area contributed by atoms with E-state index >= 15 is 0 Å². The molecule has 1 amide bonds. The highest BCUT2D eigenvalue weighted by atomic mass is 32.1. The largest absolute Gasteiger partial charge is 0.550 e. The van der Waals surface area contributed by atoms with Gasteiger partial charge in [0.25, 0.3) is 0 Å². The first-order valence-electron chi connectivity index (χ1n) is 9.53. The lowest BCUT2D eigenvalue weighted by molar-refractivity contribution is -0.313. The quantitative estimate of drug-likeness (QED) is 0.614. The Bertz CT molecular complexity index is 827. The molecule has 7 heteroatoms. The van der Waals surface area contributed by atoms with Gasteiger partial charge >= 0.3 is 5.97 Å². The Morgan fingerprint density at radius 3 is 2.59 bits per heavy atom. The highest BCUT2D eigenvalue weighted by Gasteiger charge is 2.49. The van der Waals surface area contributed by atoms with E-state index in [1.165, 1.54) is 11.3 Å². The molecule has 1 N–H and O–H groups in total. The van der Waals surface area contributed by atoms with Crippen molar-refractivity contribution in [3.8, 4) is 0 Å². The Morgan fingerprint density at radius 1 is 1.19 bits per heavy atom. The molecule has 6 nitrogen and oxygen atoms in total. The van der Waals surface area contributed by atoms with Crippen molar-refractivity contribution in [1.29, 1.82) is 0 Å². The van der Waals surface area contributed by atoms with Gasteiger partial charge in [0.2, 0.25) is 5.91 Å². The number of carbonyl (C=O) groups excluding carboxylic acids is 3. The molecule has 1 fully saturated rings. The summed E-state index contributed by atoms with van der Waals surface area (Å²) in [7, 11) is 0. The van der Waals surface area contributed by atoms with E-state index in [1.807, 2.05) is 12.2 Å². The molecule has 0 aliphatic heterocycles. The molecule has 0 unspecified atom stereocenters. The van der Waals surface area contributed by atoms with Crippen LogP contribution in [0.4, 0.5) is 5.00 Å². The molecular formula is C20H22NO5S-. The molecule has 0 saturated heterocycles. The van der Waals surface area contributed by atoms with Crippen molar-refractivity contribution in [3.63, 3.8) is 0 Å². The van der Waals surface area contributed by atoms with Gasteiger partial charge < -0.3 is 20.0 Å². The van der Waals surface area contributed by atoms with Gasteiger partial charge in [-0.1, -0.05) is 12.2 Å². The van der Waals surface area contributed by atoms with Crippen molar-refractivity contribution in [3.05, 3.63) is 28.2 Å². The van der Waals surface area contributed by atoms with Crippen molar-refractivity contribution in [2.75, 3.05) is 11.9 Å². The van der Waals surface area contributed by atoms with Crippen LogP contribution in [0.15, 0.2) is 12.2 Å². The summed E-state index contributed by atoms with van der Waals surface area (Å²) in [5, 5.41) is 14.9. The number of rotatable bonds is 5. The second-order valence-electron chi connectivity index (χ2n) is 7.44. The number of fused-ring (bicyclic) bond motifs is 3. The van der Waals surface area contributed by atoms with E-state index in [9.17, 15) is 19.5 Å². The number of aliphatic carboxylic acids is 1. The Hall–Kier alpha value is -2.15. The van der Waals surface area contributed by atoms with Crippen LogP contribution >= 0.6 is 11.3 Å². The first kappa shape index (κ1) is 18.2. The monoisotopic (exact) mass is 388 g/mol. The first-order chi connectivity index (χ1) is 13.0. The third-order valence-corrected chi connectivity index (χ3v) is 7.13. The molecule has 1 aromatic heterocycles. The summed E-state index contributed by atoms with van der Waals surface area (Å²) in [6.45, 7) is 2.02. The van der Waals surface area contributed by atoms with Gasteiger partial charge in [-0.2, -0.15) is 0 Å². The van der Waals surface area contributed by atoms with Gasteiger partial charge in [-0.15, -0.1) is 11.3 Å². The van der Waals surface area contributed by atoms with Gasteiger partial charge in [0, 0.05) is 16.8 Å². The number of aryl methyl sites for hydroxylation is 1. The number of nitrogens with one attached hydrogen (secondary N) is 1. The van der Waals surface area contributed by atoms with Gasteiger partial charge in [-0.3, -0.25) is 4.79 Å². The lowest BCUT2D eigenvalue weighted by Gasteiger charge is -2.27. The molecule has 144 valence electrons. The summed E-state index contributed by atoms with van der Waals surface area (Å²) in [6, 6.07) is 0. The number of hydrogen-bond acceptors (Lipinski definition) is 6. The summed E-state index contributed by atoms with van der Waals surface area (Å²) < 4.78 is 5.21. The minimum absolute atomic E-state index is 0.0847. The minimum Gasteiger partial charge on any atom is -0.550 e. The number of anilines is 1. The maximum absolute atomic E-state index is 13.0. The molecule has 1 heterocycles. The molecule has 1 aromatic rings. The number of hydrogen-bond donors (Lipinski definition) is 1. The standard InChI is InChI=1S/C20H23NO5S/c1-2-26-20(25)16-12-5-3-4-6-13(12)27-18(16)21-17(22)14-10-7-8-11(9-10)15(14)19(23)24/h7-8,10-11,14-15H,2-6,9H2,1H3,(H,21,22)(H,23,24)/p-1/t10-,11+,14-,15+/m1/s1. The third-order valence-electron chi connectivity index (χ3n) is 5.92. The van der Waals surface area contributed by atoms with Crippen LogP contribution in [0.3, 0.4) is 0 Å². The molecule has 1 saturated carbocycles. The summed E-state index contributed by atoms with van der Waals surface area (Å²) in [5.74, 6) is -3.63. The summed E-state index contributed by atoms with van der Waals surface area (Å²) >= 11 is 1.42. The van der Waals surface area contributed by atoms with Crippen LogP contribution < -0.4 is 10.4 Å². The van der Waals surface area contributed by atoms with E-state index in [0.717, 1.165) is 36.1 Å². The van der Waals surface area contributed by atoms with E-state index in [4.69, 9.17) is 4.74 Å².